The van der Waals surface area contributed by atoms with Crippen LogP contribution in [-0.2, 0) is 20.8 Å². The fourth-order valence-corrected chi connectivity index (χ4v) is 5.84. The average Bonchev–Trinajstić information content (AvgIpc) is 3.17. The summed E-state index contributed by atoms with van der Waals surface area (Å²) in [5.74, 6) is -0.260. The van der Waals surface area contributed by atoms with E-state index in [1.165, 1.54) is 4.90 Å². The Morgan fingerprint density at radius 3 is 2.36 bits per heavy atom. The van der Waals surface area contributed by atoms with Gasteiger partial charge in [0.15, 0.2) is 0 Å². The summed E-state index contributed by atoms with van der Waals surface area (Å²) >= 11 is 0. The highest BCUT2D eigenvalue weighted by atomic mass is 16.5. The van der Waals surface area contributed by atoms with Gasteiger partial charge in [-0.1, -0.05) is 45.9 Å². The molecule has 1 N–H and O–H groups in total. The Kier molecular flexibility index (Phi) is 5.69. The molecule has 1 unspecified atom stereocenters. The van der Waals surface area contributed by atoms with Crippen LogP contribution in [0.2, 0.25) is 0 Å². The minimum atomic E-state index is -0.815. The third kappa shape index (κ3) is 3.69. The zero-order valence-electron chi connectivity index (χ0n) is 21.5. The molecule has 1 aliphatic heterocycles. The number of aromatic amines is 1. The molecule has 2 heterocycles. The average molecular weight is 488 g/mol. The number of imide groups is 1. The highest BCUT2D eigenvalue weighted by Gasteiger charge is 2.69. The summed E-state index contributed by atoms with van der Waals surface area (Å²) in [4.78, 5) is 46.8. The molecule has 0 bridgehead atoms. The molecule has 3 aromatic rings. The number of hydrogen-bond donors (Lipinski definition) is 1. The molecular weight excluding hydrogens is 454 g/mol. The van der Waals surface area contributed by atoms with E-state index in [0.717, 1.165) is 16.5 Å². The quantitative estimate of drug-likeness (QED) is 0.495. The molecule has 1 saturated heterocycles. The van der Waals surface area contributed by atoms with Crippen LogP contribution in [0, 0.1) is 16.7 Å². The second-order valence-corrected chi connectivity index (χ2v) is 11.0. The molecule has 1 aromatic heterocycles. The number of carbonyl (C=O) groups excluding carboxylic acids is 3. The largest absolute Gasteiger partial charge is 0.497 e. The van der Waals surface area contributed by atoms with Crippen LogP contribution < -0.4 is 9.64 Å². The number of methoxy groups -OCH3 is 1. The van der Waals surface area contributed by atoms with E-state index < -0.39 is 6.04 Å². The van der Waals surface area contributed by atoms with Crippen molar-refractivity contribution >= 4 is 34.3 Å². The Bertz CT molecular complexity index is 1320. The van der Waals surface area contributed by atoms with Gasteiger partial charge in [0, 0.05) is 29.6 Å². The number of rotatable bonds is 7. The lowest BCUT2D eigenvalue weighted by atomic mass is 10.0. The molecule has 3 amide bonds. The SMILES string of the molecule is COc1ccc(N2C(=O)CC(N(CCc3c[nH]c4ccccc34)C(=O)C3C(C)(C)C3(C)C)C2=O)cc1. The molecule has 2 aliphatic rings. The first-order valence-electron chi connectivity index (χ1n) is 12.4. The van der Waals surface area contributed by atoms with E-state index in [9.17, 15) is 14.4 Å². The van der Waals surface area contributed by atoms with Gasteiger partial charge >= 0.3 is 0 Å². The van der Waals surface area contributed by atoms with Gasteiger partial charge in [0.25, 0.3) is 5.91 Å². The molecular formula is C29H33N3O4. The van der Waals surface area contributed by atoms with Crippen molar-refractivity contribution in [1.29, 1.82) is 0 Å². The minimum absolute atomic E-state index is 0.0158. The van der Waals surface area contributed by atoms with Crippen LogP contribution >= 0.6 is 0 Å². The van der Waals surface area contributed by atoms with Gasteiger partial charge in [-0.3, -0.25) is 14.4 Å². The van der Waals surface area contributed by atoms with Crippen molar-refractivity contribution in [3.8, 4) is 5.75 Å². The van der Waals surface area contributed by atoms with Crippen LogP contribution in [0.5, 0.6) is 5.75 Å². The van der Waals surface area contributed by atoms with Crippen molar-refractivity contribution in [2.75, 3.05) is 18.6 Å². The number of hydrogen-bond acceptors (Lipinski definition) is 4. The molecule has 2 aromatic carbocycles. The number of benzene rings is 2. The van der Waals surface area contributed by atoms with Crippen LogP contribution in [0.15, 0.2) is 54.7 Å². The molecule has 188 valence electrons. The Balaban J connectivity index is 1.44. The lowest BCUT2D eigenvalue weighted by Crippen LogP contribution is -2.47. The number of carbonyl (C=O) groups is 3. The summed E-state index contributed by atoms with van der Waals surface area (Å²) in [5.41, 5.74) is 2.26. The van der Waals surface area contributed by atoms with E-state index in [1.807, 2.05) is 24.4 Å². The molecule has 7 nitrogen and oxygen atoms in total. The zero-order chi connectivity index (χ0) is 25.8. The highest BCUT2D eigenvalue weighted by Crippen LogP contribution is 2.69. The number of aromatic nitrogens is 1. The summed E-state index contributed by atoms with van der Waals surface area (Å²) in [6.07, 6.45) is 2.53. The first-order chi connectivity index (χ1) is 17.1. The number of nitrogens with one attached hydrogen (secondary N) is 1. The monoisotopic (exact) mass is 487 g/mol. The van der Waals surface area contributed by atoms with E-state index in [0.29, 0.717) is 24.4 Å². The summed E-state index contributed by atoms with van der Waals surface area (Å²) in [6.45, 7) is 8.75. The third-order valence-corrected chi connectivity index (χ3v) is 8.68. The maximum atomic E-state index is 13.9. The predicted octanol–water partition coefficient (Wildman–Crippen LogP) is 4.56. The van der Waals surface area contributed by atoms with Gasteiger partial charge in [-0.2, -0.15) is 0 Å². The minimum Gasteiger partial charge on any atom is -0.497 e. The first-order valence-corrected chi connectivity index (χ1v) is 12.4. The molecule has 0 radical (unpaired) electrons. The molecule has 1 atom stereocenters. The van der Waals surface area contributed by atoms with E-state index in [4.69, 9.17) is 4.74 Å². The van der Waals surface area contributed by atoms with Crippen LogP contribution in [0.4, 0.5) is 5.69 Å². The van der Waals surface area contributed by atoms with Crippen molar-refractivity contribution in [3.05, 3.63) is 60.3 Å². The number of ether oxygens (including phenoxy) is 1. The molecule has 2 fully saturated rings. The van der Waals surface area contributed by atoms with Gasteiger partial charge in [0.1, 0.15) is 11.8 Å². The Morgan fingerprint density at radius 1 is 1.06 bits per heavy atom. The molecule has 0 spiro atoms. The van der Waals surface area contributed by atoms with E-state index in [2.05, 4.69) is 38.7 Å². The fourth-order valence-electron chi connectivity index (χ4n) is 5.84. The second-order valence-electron chi connectivity index (χ2n) is 11.0. The van der Waals surface area contributed by atoms with Gasteiger partial charge in [0.05, 0.1) is 19.2 Å². The highest BCUT2D eigenvalue weighted by molar-refractivity contribution is 6.23. The molecule has 36 heavy (non-hydrogen) atoms. The molecule has 1 aliphatic carbocycles. The van der Waals surface area contributed by atoms with Crippen molar-refractivity contribution < 1.29 is 19.1 Å². The number of nitrogens with zero attached hydrogens (tertiary/aromatic N) is 2. The van der Waals surface area contributed by atoms with Crippen molar-refractivity contribution in [1.82, 2.24) is 9.88 Å². The van der Waals surface area contributed by atoms with Crippen molar-refractivity contribution in [2.45, 2.75) is 46.6 Å². The van der Waals surface area contributed by atoms with Crippen molar-refractivity contribution in [3.63, 3.8) is 0 Å². The van der Waals surface area contributed by atoms with E-state index in [-0.39, 0.29) is 40.9 Å². The molecule has 7 heteroatoms. The summed E-state index contributed by atoms with van der Waals surface area (Å²) in [7, 11) is 1.56. The van der Waals surface area contributed by atoms with Crippen LogP contribution in [0.3, 0.4) is 0 Å². The normalized spacial score (nSPS) is 20.7. The Morgan fingerprint density at radius 2 is 1.72 bits per heavy atom. The second kappa shape index (κ2) is 8.50. The van der Waals surface area contributed by atoms with Crippen LogP contribution in [-0.4, -0.2) is 47.3 Å². The molecule has 5 rings (SSSR count). The number of H-pyrrole nitrogens is 1. The number of amides is 3. The fraction of sp³-hybridized carbons (Fsp3) is 0.414. The number of fused-ring (bicyclic) bond motifs is 1. The van der Waals surface area contributed by atoms with Gasteiger partial charge in [-0.25, -0.2) is 4.90 Å². The van der Waals surface area contributed by atoms with Crippen LogP contribution in [0.25, 0.3) is 10.9 Å². The van der Waals surface area contributed by atoms with Crippen LogP contribution in [0.1, 0.15) is 39.7 Å². The van der Waals surface area contributed by atoms with Crippen molar-refractivity contribution in [2.24, 2.45) is 16.7 Å². The summed E-state index contributed by atoms with van der Waals surface area (Å²) in [6, 6.07) is 14.1. The number of para-hydroxylation sites is 1. The van der Waals surface area contributed by atoms with Gasteiger partial charge in [0.2, 0.25) is 11.8 Å². The maximum absolute atomic E-state index is 13.9. The lowest BCUT2D eigenvalue weighted by molar-refractivity contribution is -0.140. The van der Waals surface area contributed by atoms with E-state index >= 15 is 0 Å². The first kappa shape index (κ1) is 24.1. The lowest BCUT2D eigenvalue weighted by Gasteiger charge is -2.29. The standard InChI is InChI=1S/C29H33N3O4/c1-28(2)25(29(28,3)4)27(35)31(15-14-18-17-30-22-9-7-6-8-21(18)22)23-16-24(33)32(26(23)34)19-10-12-20(36-5)13-11-19/h6-13,17,23,25,30H,14-16H2,1-5H3. The molecule has 1 saturated carbocycles. The maximum Gasteiger partial charge on any atom is 0.257 e. The van der Waals surface area contributed by atoms with E-state index in [1.54, 1.807) is 36.3 Å². The van der Waals surface area contributed by atoms with Gasteiger partial charge in [-0.05, 0) is 53.1 Å². The zero-order valence-corrected chi connectivity index (χ0v) is 21.5. The smallest absolute Gasteiger partial charge is 0.257 e. The van der Waals surface area contributed by atoms with Gasteiger partial charge in [-0.15, -0.1) is 0 Å². The Labute approximate surface area is 211 Å². The summed E-state index contributed by atoms with van der Waals surface area (Å²) in [5, 5.41) is 1.10. The summed E-state index contributed by atoms with van der Waals surface area (Å²) < 4.78 is 5.20. The predicted molar refractivity (Wildman–Crippen MR) is 139 cm³/mol. The topological polar surface area (TPSA) is 82.7 Å². The van der Waals surface area contributed by atoms with Gasteiger partial charge < -0.3 is 14.6 Å². The number of anilines is 1. The third-order valence-electron chi connectivity index (χ3n) is 8.68. The Hall–Kier alpha value is -3.61.